The van der Waals surface area contributed by atoms with Crippen molar-refractivity contribution in [1.29, 1.82) is 0 Å². The molecular weight excluding hydrogens is 483 g/mol. The monoisotopic (exact) mass is 511 g/mol. The van der Waals surface area contributed by atoms with Gasteiger partial charge in [0.25, 0.3) is 5.56 Å². The molecule has 4 aromatic rings. The Morgan fingerprint density at radius 2 is 1.81 bits per heavy atom. The van der Waals surface area contributed by atoms with Crippen molar-refractivity contribution in [3.05, 3.63) is 87.6 Å². The number of aryl methyl sites for hydroxylation is 2. The molecule has 1 aliphatic carbocycles. The van der Waals surface area contributed by atoms with Gasteiger partial charge in [-0.05, 0) is 56.4 Å². The number of ether oxygens (including phenoxy) is 1. The van der Waals surface area contributed by atoms with E-state index in [1.54, 1.807) is 19.2 Å². The number of rotatable bonds is 5. The first kappa shape index (κ1) is 26.2. The Labute approximate surface area is 212 Å². The zero-order valence-corrected chi connectivity index (χ0v) is 20.7. The minimum atomic E-state index is -3.03. The summed E-state index contributed by atoms with van der Waals surface area (Å²) < 4.78 is 43.6. The van der Waals surface area contributed by atoms with Gasteiger partial charge in [0.1, 0.15) is 17.0 Å². The average molecular weight is 512 g/mol. The first-order valence-corrected chi connectivity index (χ1v) is 12.2. The maximum absolute atomic E-state index is 13.4. The fraction of sp³-hybridized carbons (Fsp3) is 0.370. The van der Waals surface area contributed by atoms with Gasteiger partial charge in [-0.2, -0.15) is 8.78 Å². The maximum atomic E-state index is 13.4. The first-order valence-electron chi connectivity index (χ1n) is 12.2. The van der Waals surface area contributed by atoms with Crippen molar-refractivity contribution >= 4 is 11.2 Å². The summed E-state index contributed by atoms with van der Waals surface area (Å²) >= 11 is 0. The molecule has 3 aromatic heterocycles. The van der Waals surface area contributed by atoms with Crippen LogP contribution in [0.4, 0.5) is 13.2 Å². The summed E-state index contributed by atoms with van der Waals surface area (Å²) in [6.07, 6.45) is 9.53. The number of nitrogens with zero attached hydrogens (tertiary/aromatic N) is 5. The molecule has 0 radical (unpaired) electrons. The zero-order valence-electron chi connectivity index (χ0n) is 20.7. The van der Waals surface area contributed by atoms with Crippen LogP contribution in [0.25, 0.3) is 11.2 Å². The number of aromatic nitrogens is 5. The molecule has 37 heavy (non-hydrogen) atoms. The summed E-state index contributed by atoms with van der Waals surface area (Å²) in [5, 5.41) is 0. The van der Waals surface area contributed by atoms with E-state index in [0.29, 0.717) is 22.4 Å². The topological polar surface area (TPSA) is 82.8 Å². The summed E-state index contributed by atoms with van der Waals surface area (Å²) in [4.78, 5) is 30.3. The van der Waals surface area contributed by atoms with E-state index in [2.05, 4.69) is 24.7 Å². The second-order valence-corrected chi connectivity index (χ2v) is 9.03. The van der Waals surface area contributed by atoms with Crippen LogP contribution in [0, 0.1) is 19.7 Å². The van der Waals surface area contributed by atoms with E-state index in [9.17, 15) is 18.0 Å². The average Bonchev–Trinajstić information content (AvgIpc) is 2.87. The minimum Gasteiger partial charge on any atom is -0.415 e. The van der Waals surface area contributed by atoms with Crippen molar-refractivity contribution in [2.75, 3.05) is 0 Å². The van der Waals surface area contributed by atoms with Crippen LogP contribution < -0.4 is 10.3 Å². The highest BCUT2D eigenvalue weighted by Gasteiger charge is 2.23. The zero-order chi connectivity index (χ0) is 26.4. The Morgan fingerprint density at radius 3 is 2.49 bits per heavy atom. The Morgan fingerprint density at radius 1 is 1.05 bits per heavy atom. The summed E-state index contributed by atoms with van der Waals surface area (Å²) in [5.74, 6) is -0.301. The molecule has 1 saturated carbocycles. The van der Waals surface area contributed by atoms with Gasteiger partial charge in [-0.3, -0.25) is 19.3 Å². The molecule has 0 amide bonds. The van der Waals surface area contributed by atoms with Crippen LogP contribution >= 0.6 is 0 Å². The van der Waals surface area contributed by atoms with Gasteiger partial charge in [0.05, 0.1) is 12.2 Å². The van der Waals surface area contributed by atoms with Gasteiger partial charge in [-0.1, -0.05) is 31.4 Å². The van der Waals surface area contributed by atoms with Crippen molar-refractivity contribution in [3.63, 3.8) is 0 Å². The number of alkyl halides is 2. The quantitative estimate of drug-likeness (QED) is 0.341. The van der Waals surface area contributed by atoms with Crippen LogP contribution in [0.5, 0.6) is 5.88 Å². The van der Waals surface area contributed by atoms with E-state index in [1.807, 2.05) is 19.1 Å². The van der Waals surface area contributed by atoms with Crippen LogP contribution in [-0.4, -0.2) is 31.1 Å². The fourth-order valence-corrected chi connectivity index (χ4v) is 4.49. The van der Waals surface area contributed by atoms with Crippen LogP contribution in [0.1, 0.15) is 60.5 Å². The van der Waals surface area contributed by atoms with E-state index in [4.69, 9.17) is 0 Å². The molecule has 10 heteroatoms. The highest BCUT2D eigenvalue weighted by atomic mass is 19.3. The van der Waals surface area contributed by atoms with Gasteiger partial charge < -0.3 is 4.74 Å². The number of pyridine rings is 1. The number of hydrogen-bond donors (Lipinski definition) is 0. The molecule has 1 aliphatic rings. The lowest BCUT2D eigenvalue weighted by Crippen LogP contribution is -2.28. The van der Waals surface area contributed by atoms with Gasteiger partial charge in [-0.25, -0.2) is 14.4 Å². The van der Waals surface area contributed by atoms with Crippen LogP contribution in [0.2, 0.25) is 0 Å². The lowest BCUT2D eigenvalue weighted by Gasteiger charge is -2.22. The van der Waals surface area contributed by atoms with E-state index in [0.717, 1.165) is 31.2 Å². The normalized spacial score (nSPS) is 13.9. The van der Waals surface area contributed by atoms with Gasteiger partial charge in [0, 0.05) is 24.2 Å². The van der Waals surface area contributed by atoms with Crippen molar-refractivity contribution < 1.29 is 17.9 Å². The molecule has 3 heterocycles. The number of benzene rings is 1. The lowest BCUT2D eigenvalue weighted by molar-refractivity contribution is -0.0538. The molecule has 0 N–H and O–H groups in total. The molecule has 0 saturated heterocycles. The van der Waals surface area contributed by atoms with Gasteiger partial charge in [0.15, 0.2) is 5.65 Å². The van der Waals surface area contributed by atoms with Crippen molar-refractivity contribution in [2.45, 2.75) is 65.0 Å². The van der Waals surface area contributed by atoms with Gasteiger partial charge >= 0.3 is 6.61 Å². The number of halogens is 3. The van der Waals surface area contributed by atoms with Gasteiger partial charge in [-0.15, -0.1) is 0 Å². The summed E-state index contributed by atoms with van der Waals surface area (Å²) in [5.41, 5.74) is 3.23. The fourth-order valence-electron chi connectivity index (χ4n) is 4.49. The molecule has 0 bridgehead atoms. The molecule has 5 rings (SSSR count). The second kappa shape index (κ2) is 11.9. The van der Waals surface area contributed by atoms with Crippen LogP contribution in [0.3, 0.4) is 0 Å². The largest absolute Gasteiger partial charge is 0.415 e. The van der Waals surface area contributed by atoms with Crippen LogP contribution in [0.15, 0.2) is 53.7 Å². The first-order chi connectivity index (χ1) is 17.8. The minimum absolute atomic E-state index is 0.0794. The third kappa shape index (κ3) is 6.69. The summed E-state index contributed by atoms with van der Waals surface area (Å²) in [6.45, 7) is 0.534. The molecule has 0 atom stereocenters. The van der Waals surface area contributed by atoms with E-state index in [1.165, 1.54) is 35.5 Å². The maximum Gasteiger partial charge on any atom is 0.388 e. The smallest absolute Gasteiger partial charge is 0.388 e. The predicted octanol–water partition coefficient (Wildman–Crippen LogP) is 5.72. The summed E-state index contributed by atoms with van der Waals surface area (Å²) in [7, 11) is 0. The van der Waals surface area contributed by atoms with Crippen molar-refractivity contribution in [1.82, 2.24) is 24.5 Å². The van der Waals surface area contributed by atoms with Gasteiger partial charge in [0.2, 0.25) is 5.88 Å². The van der Waals surface area contributed by atoms with E-state index in [-0.39, 0.29) is 35.4 Å². The molecule has 7 nitrogen and oxygen atoms in total. The molecule has 0 aliphatic heterocycles. The van der Waals surface area contributed by atoms with Crippen molar-refractivity contribution in [2.24, 2.45) is 0 Å². The van der Waals surface area contributed by atoms with E-state index >= 15 is 0 Å². The number of fused-ring (bicyclic) bond motifs is 1. The second-order valence-electron chi connectivity index (χ2n) is 9.03. The Kier molecular flexibility index (Phi) is 8.47. The molecule has 1 aromatic carbocycles. The number of hydrogen-bond acceptors (Lipinski definition) is 6. The van der Waals surface area contributed by atoms with Crippen LogP contribution in [-0.2, 0) is 6.54 Å². The Balaban J connectivity index is 0.000000342. The standard InChI is InChI=1S/C20H21F2N5O2.C7H7F/c1-12-10-25-15-9-14(13-5-3-2-4-6-13)19(28)27(17(15)26-12)11-16-18(29-20(21)22)24-8-7-23-16;1-6-3-2-4-7(8)5-6/h7-10,13,20H,2-6,11H2,1H3;2-5H,1H3. The van der Waals surface area contributed by atoms with Crippen molar-refractivity contribution in [3.8, 4) is 5.88 Å². The summed E-state index contributed by atoms with van der Waals surface area (Å²) in [6, 6.07) is 8.32. The molecule has 1 fully saturated rings. The molecule has 0 unspecified atom stereocenters. The predicted molar refractivity (Wildman–Crippen MR) is 133 cm³/mol. The highest BCUT2D eigenvalue weighted by molar-refractivity contribution is 5.71. The van der Waals surface area contributed by atoms with E-state index < -0.39 is 6.61 Å². The third-order valence-corrected chi connectivity index (χ3v) is 6.21. The molecule has 0 spiro atoms. The Hall–Kier alpha value is -3.82. The molecule has 194 valence electrons. The SMILES string of the molecule is Cc1cccc(F)c1.Cc1cnc2cc(C3CCCCC3)c(=O)n(Cc3nccnc3OC(F)F)c2n1. The highest BCUT2D eigenvalue weighted by Crippen LogP contribution is 2.32. The lowest BCUT2D eigenvalue weighted by atomic mass is 9.84. The Bertz CT molecular complexity index is 1400. The third-order valence-electron chi connectivity index (χ3n) is 6.21. The molecular formula is C27H28F3N5O2.